The Morgan fingerprint density at radius 1 is 1.39 bits per heavy atom. The lowest BCUT2D eigenvalue weighted by Crippen LogP contribution is -2.29. The molecule has 98 valence electrons. The third-order valence-corrected chi connectivity index (χ3v) is 3.64. The van der Waals surface area contributed by atoms with Gasteiger partial charge in [0.1, 0.15) is 11.3 Å². The quantitative estimate of drug-likeness (QED) is 0.625. The van der Waals surface area contributed by atoms with E-state index in [2.05, 4.69) is 50.5 Å². The second kappa shape index (κ2) is 5.55. The summed E-state index contributed by atoms with van der Waals surface area (Å²) in [5.74, 6) is 7.22. The van der Waals surface area contributed by atoms with E-state index < -0.39 is 0 Å². The van der Waals surface area contributed by atoms with E-state index in [-0.39, 0.29) is 6.04 Å². The Morgan fingerprint density at radius 3 is 2.78 bits per heavy atom. The van der Waals surface area contributed by atoms with Crippen molar-refractivity contribution in [2.45, 2.75) is 39.7 Å². The number of hydrogen-bond donors (Lipinski definition) is 2. The van der Waals surface area contributed by atoms with Gasteiger partial charge in [-0.1, -0.05) is 38.5 Å². The zero-order chi connectivity index (χ0) is 13.1. The molecule has 0 aliphatic carbocycles. The molecule has 0 radical (unpaired) electrons. The fourth-order valence-electron chi connectivity index (χ4n) is 2.24. The Hall–Kier alpha value is -1.32. The molecule has 1 heterocycles. The molecule has 1 aromatic heterocycles. The van der Waals surface area contributed by atoms with Crippen molar-refractivity contribution in [3.8, 4) is 0 Å². The molecular weight excluding hydrogens is 224 g/mol. The van der Waals surface area contributed by atoms with E-state index >= 15 is 0 Å². The normalized spacial score (nSPS) is 14.9. The molecule has 3 heteroatoms. The predicted octanol–water partition coefficient (Wildman–Crippen LogP) is 3.68. The van der Waals surface area contributed by atoms with Crippen LogP contribution in [0.3, 0.4) is 0 Å². The first-order valence-electron chi connectivity index (χ1n) is 6.60. The van der Waals surface area contributed by atoms with Gasteiger partial charge in [0.25, 0.3) is 0 Å². The molecule has 0 spiro atoms. The van der Waals surface area contributed by atoms with E-state index in [4.69, 9.17) is 10.3 Å². The summed E-state index contributed by atoms with van der Waals surface area (Å²) < 4.78 is 5.95. The van der Waals surface area contributed by atoms with Crippen LogP contribution >= 0.6 is 0 Å². The molecule has 0 fully saturated rings. The summed E-state index contributed by atoms with van der Waals surface area (Å²) >= 11 is 0. The third kappa shape index (κ3) is 2.57. The zero-order valence-corrected chi connectivity index (χ0v) is 11.4. The van der Waals surface area contributed by atoms with Gasteiger partial charge in [0.2, 0.25) is 0 Å². The molecule has 0 amide bonds. The SMILES string of the molecule is CCC(C)CC(NN)c1cc2cccc(C)c2o1. The van der Waals surface area contributed by atoms with Crippen LogP contribution in [-0.2, 0) is 0 Å². The molecule has 0 saturated heterocycles. The predicted molar refractivity (Wildman–Crippen MR) is 75.1 cm³/mol. The summed E-state index contributed by atoms with van der Waals surface area (Å²) in [6, 6.07) is 8.37. The van der Waals surface area contributed by atoms with Crippen LogP contribution in [0.25, 0.3) is 11.0 Å². The van der Waals surface area contributed by atoms with Gasteiger partial charge in [0.15, 0.2) is 0 Å². The fraction of sp³-hybridized carbons (Fsp3) is 0.467. The van der Waals surface area contributed by atoms with Crippen LogP contribution in [0.5, 0.6) is 0 Å². The lowest BCUT2D eigenvalue weighted by atomic mass is 9.98. The molecule has 0 saturated carbocycles. The van der Waals surface area contributed by atoms with Crippen LogP contribution in [0.1, 0.15) is 44.1 Å². The van der Waals surface area contributed by atoms with E-state index in [0.717, 1.165) is 35.1 Å². The van der Waals surface area contributed by atoms with Gasteiger partial charge < -0.3 is 4.42 Å². The third-order valence-electron chi connectivity index (χ3n) is 3.64. The van der Waals surface area contributed by atoms with Crippen LogP contribution in [-0.4, -0.2) is 0 Å². The monoisotopic (exact) mass is 246 g/mol. The fourth-order valence-corrected chi connectivity index (χ4v) is 2.24. The van der Waals surface area contributed by atoms with E-state index in [1.807, 2.05) is 0 Å². The summed E-state index contributed by atoms with van der Waals surface area (Å²) in [5, 5.41) is 1.15. The molecule has 0 bridgehead atoms. The highest BCUT2D eigenvalue weighted by atomic mass is 16.3. The summed E-state index contributed by atoms with van der Waals surface area (Å²) in [6.45, 7) is 6.49. The van der Waals surface area contributed by atoms with Crippen LogP contribution in [0, 0.1) is 12.8 Å². The van der Waals surface area contributed by atoms with Gasteiger partial charge in [-0.3, -0.25) is 5.84 Å². The van der Waals surface area contributed by atoms with Crippen LogP contribution in [0.4, 0.5) is 0 Å². The number of nitrogens with two attached hydrogens (primary N) is 1. The van der Waals surface area contributed by atoms with Gasteiger partial charge in [-0.2, -0.15) is 0 Å². The largest absolute Gasteiger partial charge is 0.459 e. The van der Waals surface area contributed by atoms with Crippen LogP contribution in [0.15, 0.2) is 28.7 Å². The standard InChI is InChI=1S/C15H22N2O/c1-4-10(2)8-13(17-16)14-9-12-7-5-6-11(3)15(12)18-14/h5-7,9-10,13,17H,4,8,16H2,1-3H3. The summed E-state index contributed by atoms with van der Waals surface area (Å²) in [7, 11) is 0. The van der Waals surface area contributed by atoms with Gasteiger partial charge in [0.05, 0.1) is 6.04 Å². The number of rotatable bonds is 5. The number of aryl methyl sites for hydroxylation is 1. The maximum Gasteiger partial charge on any atom is 0.137 e. The van der Waals surface area contributed by atoms with Crippen molar-refractivity contribution in [1.82, 2.24) is 5.43 Å². The number of fused-ring (bicyclic) bond motifs is 1. The summed E-state index contributed by atoms with van der Waals surface area (Å²) in [4.78, 5) is 0. The van der Waals surface area contributed by atoms with E-state index in [1.54, 1.807) is 0 Å². The first-order valence-corrected chi connectivity index (χ1v) is 6.60. The van der Waals surface area contributed by atoms with Crippen LogP contribution in [0.2, 0.25) is 0 Å². The molecule has 1 aromatic carbocycles. The van der Waals surface area contributed by atoms with Gasteiger partial charge >= 0.3 is 0 Å². The first kappa shape index (κ1) is 13.1. The Labute approximate surface area is 108 Å². The molecule has 0 aliphatic rings. The van der Waals surface area contributed by atoms with Crippen molar-refractivity contribution in [3.05, 3.63) is 35.6 Å². The second-order valence-corrected chi connectivity index (χ2v) is 5.11. The highest BCUT2D eigenvalue weighted by Gasteiger charge is 2.17. The average Bonchev–Trinajstić information content (AvgIpc) is 2.80. The Kier molecular flexibility index (Phi) is 4.04. The molecule has 0 aliphatic heterocycles. The lowest BCUT2D eigenvalue weighted by Gasteiger charge is -2.17. The molecule has 2 atom stereocenters. The van der Waals surface area contributed by atoms with Crippen molar-refractivity contribution in [2.75, 3.05) is 0 Å². The second-order valence-electron chi connectivity index (χ2n) is 5.11. The minimum absolute atomic E-state index is 0.0896. The van der Waals surface area contributed by atoms with E-state index in [1.165, 1.54) is 0 Å². The smallest absolute Gasteiger partial charge is 0.137 e. The van der Waals surface area contributed by atoms with Gasteiger partial charge in [0, 0.05) is 5.39 Å². The Balaban J connectivity index is 2.31. The van der Waals surface area contributed by atoms with Crippen molar-refractivity contribution in [2.24, 2.45) is 11.8 Å². The first-order chi connectivity index (χ1) is 8.65. The number of benzene rings is 1. The number of hydrazine groups is 1. The van der Waals surface area contributed by atoms with Crippen LogP contribution < -0.4 is 11.3 Å². The highest BCUT2D eigenvalue weighted by molar-refractivity contribution is 5.80. The minimum Gasteiger partial charge on any atom is -0.459 e. The highest BCUT2D eigenvalue weighted by Crippen LogP contribution is 2.29. The zero-order valence-electron chi connectivity index (χ0n) is 11.4. The van der Waals surface area contributed by atoms with Crippen molar-refractivity contribution >= 4 is 11.0 Å². The molecule has 2 rings (SSSR count). The Morgan fingerprint density at radius 2 is 2.17 bits per heavy atom. The van der Waals surface area contributed by atoms with E-state index in [0.29, 0.717) is 5.92 Å². The molecule has 18 heavy (non-hydrogen) atoms. The summed E-state index contributed by atoms with van der Waals surface area (Å²) in [6.07, 6.45) is 2.14. The molecule has 3 nitrogen and oxygen atoms in total. The van der Waals surface area contributed by atoms with Gasteiger partial charge in [-0.05, 0) is 30.9 Å². The van der Waals surface area contributed by atoms with E-state index in [9.17, 15) is 0 Å². The summed E-state index contributed by atoms with van der Waals surface area (Å²) in [5.41, 5.74) is 5.00. The maximum absolute atomic E-state index is 5.95. The van der Waals surface area contributed by atoms with Gasteiger partial charge in [-0.15, -0.1) is 0 Å². The molecule has 2 aromatic rings. The van der Waals surface area contributed by atoms with Crippen molar-refractivity contribution in [1.29, 1.82) is 0 Å². The van der Waals surface area contributed by atoms with Gasteiger partial charge in [-0.25, -0.2) is 5.43 Å². The molecule has 2 unspecified atom stereocenters. The molecular formula is C15H22N2O. The lowest BCUT2D eigenvalue weighted by molar-refractivity contribution is 0.358. The topological polar surface area (TPSA) is 51.2 Å². The average molecular weight is 246 g/mol. The Bertz CT molecular complexity index is 518. The maximum atomic E-state index is 5.95. The number of para-hydroxylation sites is 1. The molecule has 3 N–H and O–H groups in total. The minimum atomic E-state index is 0.0896. The number of hydrogen-bond acceptors (Lipinski definition) is 3. The number of furan rings is 1. The van der Waals surface area contributed by atoms with Crippen molar-refractivity contribution in [3.63, 3.8) is 0 Å². The number of nitrogens with one attached hydrogen (secondary N) is 1. The van der Waals surface area contributed by atoms with Crippen molar-refractivity contribution < 1.29 is 4.42 Å².